The molecule has 0 bridgehead atoms. The summed E-state index contributed by atoms with van der Waals surface area (Å²) in [4.78, 5) is 27.7. The Labute approximate surface area is 176 Å². The number of benzene rings is 2. The number of hydrogen-bond donors (Lipinski definition) is 1. The van der Waals surface area contributed by atoms with Gasteiger partial charge in [0.1, 0.15) is 0 Å². The van der Waals surface area contributed by atoms with E-state index in [1.165, 1.54) is 23.0 Å². The molecule has 5 nitrogen and oxygen atoms in total. The summed E-state index contributed by atoms with van der Waals surface area (Å²) in [6, 6.07) is 15.3. The Morgan fingerprint density at radius 1 is 1.00 bits per heavy atom. The number of rotatable bonds is 4. The van der Waals surface area contributed by atoms with Crippen LogP contribution < -0.4 is 5.32 Å². The highest BCUT2D eigenvalue weighted by Gasteiger charge is 2.31. The van der Waals surface area contributed by atoms with Crippen molar-refractivity contribution in [3.63, 3.8) is 0 Å². The van der Waals surface area contributed by atoms with Crippen LogP contribution in [0.25, 0.3) is 0 Å². The lowest BCUT2D eigenvalue weighted by atomic mass is 9.99. The van der Waals surface area contributed by atoms with E-state index in [2.05, 4.69) is 37.4 Å². The fourth-order valence-electron chi connectivity index (χ4n) is 3.98. The second kappa shape index (κ2) is 8.19. The predicted molar refractivity (Wildman–Crippen MR) is 117 cm³/mol. The molecule has 3 aromatic rings. The Hall–Kier alpha value is -3.34. The smallest absolute Gasteiger partial charge is 0.291 e. The molecule has 0 aliphatic carbocycles. The molecule has 0 radical (unpaired) electrons. The Bertz CT molecular complexity index is 1090. The maximum absolute atomic E-state index is 13.4. The summed E-state index contributed by atoms with van der Waals surface area (Å²) < 4.78 is 5.16. The van der Waals surface area contributed by atoms with Crippen LogP contribution in [0.5, 0.6) is 0 Å². The van der Waals surface area contributed by atoms with Gasteiger partial charge >= 0.3 is 0 Å². The largest absolute Gasteiger partial charge is 0.459 e. The van der Waals surface area contributed by atoms with Crippen molar-refractivity contribution in [1.29, 1.82) is 0 Å². The first-order chi connectivity index (χ1) is 14.4. The molecule has 2 amide bonds. The second-order valence-electron chi connectivity index (χ2n) is 7.96. The van der Waals surface area contributed by atoms with Gasteiger partial charge in [0, 0.05) is 17.8 Å². The molecule has 4 rings (SSSR count). The average Bonchev–Trinajstić information content (AvgIpc) is 3.43. The average molecular weight is 402 g/mol. The quantitative estimate of drug-likeness (QED) is 0.632. The van der Waals surface area contributed by atoms with Crippen LogP contribution in [0, 0.1) is 20.8 Å². The molecule has 1 saturated heterocycles. The zero-order valence-corrected chi connectivity index (χ0v) is 17.6. The lowest BCUT2D eigenvalue weighted by molar-refractivity contribution is 0.0735. The highest BCUT2D eigenvalue weighted by atomic mass is 16.3. The van der Waals surface area contributed by atoms with E-state index in [0.29, 0.717) is 11.3 Å². The molecule has 2 aromatic carbocycles. The third-order valence-electron chi connectivity index (χ3n) is 5.91. The minimum absolute atomic E-state index is 0.00998. The van der Waals surface area contributed by atoms with E-state index in [0.717, 1.165) is 24.9 Å². The maximum atomic E-state index is 13.4. The molecule has 1 aromatic heterocycles. The summed E-state index contributed by atoms with van der Waals surface area (Å²) in [7, 11) is 0. The Morgan fingerprint density at radius 3 is 2.53 bits per heavy atom. The monoisotopic (exact) mass is 402 g/mol. The molecule has 2 heterocycles. The number of amides is 2. The van der Waals surface area contributed by atoms with E-state index < -0.39 is 0 Å². The van der Waals surface area contributed by atoms with Crippen LogP contribution in [0.4, 0.5) is 5.69 Å². The molecule has 1 N–H and O–H groups in total. The summed E-state index contributed by atoms with van der Waals surface area (Å²) >= 11 is 0. The highest BCUT2D eigenvalue weighted by Crippen LogP contribution is 2.34. The first kappa shape index (κ1) is 20.0. The molecule has 1 aliphatic rings. The molecular weight excluding hydrogens is 376 g/mol. The molecule has 0 spiro atoms. The van der Waals surface area contributed by atoms with Crippen LogP contribution in [-0.2, 0) is 0 Å². The van der Waals surface area contributed by atoms with Crippen LogP contribution in [0.1, 0.15) is 62.1 Å². The van der Waals surface area contributed by atoms with Crippen LogP contribution >= 0.6 is 0 Å². The topological polar surface area (TPSA) is 62.6 Å². The first-order valence-corrected chi connectivity index (χ1v) is 10.3. The molecule has 0 saturated carbocycles. The number of aryl methyl sites for hydroxylation is 3. The first-order valence-electron chi connectivity index (χ1n) is 10.3. The number of nitrogens with one attached hydrogen (secondary N) is 1. The van der Waals surface area contributed by atoms with Crippen LogP contribution in [0.3, 0.4) is 0 Å². The van der Waals surface area contributed by atoms with Crippen molar-refractivity contribution in [2.24, 2.45) is 0 Å². The van der Waals surface area contributed by atoms with Gasteiger partial charge in [0.25, 0.3) is 11.8 Å². The zero-order chi connectivity index (χ0) is 21.3. The molecule has 1 atom stereocenters. The van der Waals surface area contributed by atoms with E-state index in [1.54, 1.807) is 18.2 Å². The van der Waals surface area contributed by atoms with Gasteiger partial charge in [-0.05, 0) is 80.1 Å². The van der Waals surface area contributed by atoms with Crippen molar-refractivity contribution in [2.45, 2.75) is 39.7 Å². The molecule has 30 heavy (non-hydrogen) atoms. The van der Waals surface area contributed by atoms with E-state index >= 15 is 0 Å². The number of anilines is 1. The summed E-state index contributed by atoms with van der Waals surface area (Å²) in [5.74, 6) is -0.105. The number of hydrogen-bond acceptors (Lipinski definition) is 3. The zero-order valence-electron chi connectivity index (χ0n) is 17.6. The molecule has 154 valence electrons. The van der Waals surface area contributed by atoms with Crippen LogP contribution in [0.15, 0.2) is 59.2 Å². The Morgan fingerprint density at radius 2 is 1.80 bits per heavy atom. The number of carbonyl (C=O) groups excluding carboxylic acids is 2. The fourth-order valence-corrected chi connectivity index (χ4v) is 3.98. The van der Waals surface area contributed by atoms with Gasteiger partial charge < -0.3 is 14.6 Å². The summed E-state index contributed by atoms with van der Waals surface area (Å²) in [6.45, 7) is 6.84. The van der Waals surface area contributed by atoms with Gasteiger partial charge in [-0.15, -0.1) is 0 Å². The van der Waals surface area contributed by atoms with E-state index in [1.807, 2.05) is 24.0 Å². The predicted octanol–water partition coefficient (Wildman–Crippen LogP) is 5.43. The molecule has 1 aliphatic heterocycles. The minimum Gasteiger partial charge on any atom is -0.459 e. The van der Waals surface area contributed by atoms with E-state index in [4.69, 9.17) is 4.42 Å². The molecule has 5 heteroatoms. The summed E-state index contributed by atoms with van der Waals surface area (Å²) in [5.41, 5.74) is 5.76. The Balaban J connectivity index is 1.58. The highest BCUT2D eigenvalue weighted by molar-refractivity contribution is 6.04. The Kier molecular flexibility index (Phi) is 5.44. The van der Waals surface area contributed by atoms with Crippen molar-refractivity contribution >= 4 is 17.5 Å². The van der Waals surface area contributed by atoms with Crippen molar-refractivity contribution in [2.75, 3.05) is 11.9 Å². The van der Waals surface area contributed by atoms with Gasteiger partial charge in [-0.1, -0.05) is 24.3 Å². The van der Waals surface area contributed by atoms with Crippen LogP contribution in [-0.4, -0.2) is 23.3 Å². The van der Waals surface area contributed by atoms with Crippen LogP contribution in [0.2, 0.25) is 0 Å². The van der Waals surface area contributed by atoms with Crippen molar-refractivity contribution in [3.8, 4) is 0 Å². The van der Waals surface area contributed by atoms with Gasteiger partial charge in [0.2, 0.25) is 0 Å². The normalized spacial score (nSPS) is 16.0. The fraction of sp³-hybridized carbons (Fsp3) is 0.280. The SMILES string of the molecule is Cc1ccc(C2CCCN2C(=O)c2ccc(C)c(NC(=O)c3ccco3)c2)cc1C. The molecule has 1 fully saturated rings. The third kappa shape index (κ3) is 3.88. The van der Waals surface area contributed by atoms with Gasteiger partial charge in [0.05, 0.1) is 12.3 Å². The third-order valence-corrected chi connectivity index (χ3v) is 5.91. The summed E-state index contributed by atoms with van der Waals surface area (Å²) in [6.07, 6.45) is 3.40. The molecule has 1 unspecified atom stereocenters. The van der Waals surface area contributed by atoms with Crippen molar-refractivity contribution in [1.82, 2.24) is 4.90 Å². The minimum atomic E-state index is -0.332. The van der Waals surface area contributed by atoms with Gasteiger partial charge in [0.15, 0.2) is 5.76 Å². The number of likely N-dealkylation sites (tertiary alicyclic amines) is 1. The standard InChI is InChI=1S/C25H26N2O3/c1-16-8-10-19(14-18(16)3)22-6-4-12-27(22)25(29)20-11-9-17(2)21(15-20)26-24(28)23-7-5-13-30-23/h5,7-11,13-15,22H,4,6,12H2,1-3H3,(H,26,28). The van der Waals surface area contributed by atoms with Crippen molar-refractivity contribution < 1.29 is 14.0 Å². The lowest BCUT2D eigenvalue weighted by Gasteiger charge is -2.26. The number of furan rings is 1. The maximum Gasteiger partial charge on any atom is 0.291 e. The second-order valence-corrected chi connectivity index (χ2v) is 7.96. The van der Waals surface area contributed by atoms with E-state index in [9.17, 15) is 9.59 Å². The van der Waals surface area contributed by atoms with Gasteiger partial charge in [-0.2, -0.15) is 0 Å². The van der Waals surface area contributed by atoms with E-state index in [-0.39, 0.29) is 23.6 Å². The van der Waals surface area contributed by atoms with Crippen molar-refractivity contribution in [3.05, 3.63) is 88.4 Å². The lowest BCUT2D eigenvalue weighted by Crippen LogP contribution is -2.30. The molecular formula is C25H26N2O3. The summed E-state index contributed by atoms with van der Waals surface area (Å²) in [5, 5.41) is 2.85. The number of carbonyl (C=O) groups is 2. The number of nitrogens with zero attached hydrogens (tertiary/aromatic N) is 1. The van der Waals surface area contributed by atoms with Gasteiger partial charge in [-0.3, -0.25) is 9.59 Å². The van der Waals surface area contributed by atoms with Gasteiger partial charge in [-0.25, -0.2) is 0 Å².